The van der Waals surface area contributed by atoms with Crippen molar-refractivity contribution in [2.45, 2.75) is 32.6 Å². The first kappa shape index (κ1) is 13.4. The van der Waals surface area contributed by atoms with Crippen LogP contribution in [0.3, 0.4) is 0 Å². The molecule has 0 unspecified atom stereocenters. The first-order valence-electron chi connectivity index (χ1n) is 5.67. The molecule has 0 aliphatic carbocycles. The van der Waals surface area contributed by atoms with E-state index in [0.717, 1.165) is 5.56 Å². The first-order chi connectivity index (χ1) is 7.97. The van der Waals surface area contributed by atoms with E-state index in [0.29, 0.717) is 24.9 Å². The molecule has 0 aliphatic heterocycles. The Morgan fingerprint density at radius 3 is 2.59 bits per heavy atom. The van der Waals surface area contributed by atoms with E-state index in [1.54, 1.807) is 0 Å². The summed E-state index contributed by atoms with van der Waals surface area (Å²) in [6.07, 6.45) is 1.26. The van der Waals surface area contributed by atoms with Crippen LogP contribution in [0.2, 0.25) is 0 Å². The summed E-state index contributed by atoms with van der Waals surface area (Å²) in [4.78, 5) is 10.3. The number of aromatic hydroxyl groups is 1. The Hall–Kier alpha value is -1.62. The van der Waals surface area contributed by atoms with E-state index in [4.69, 9.17) is 5.73 Å². The van der Waals surface area contributed by atoms with Crippen molar-refractivity contribution in [3.8, 4) is 5.75 Å². The Kier molecular flexibility index (Phi) is 4.45. The van der Waals surface area contributed by atoms with Gasteiger partial charge in [-0.3, -0.25) is 10.1 Å². The molecule has 0 aromatic heterocycles. The average molecular weight is 238 g/mol. The summed E-state index contributed by atoms with van der Waals surface area (Å²) in [5.74, 6) is -0.0428. The summed E-state index contributed by atoms with van der Waals surface area (Å²) in [5.41, 5.74) is 6.65. The molecule has 3 N–H and O–H groups in total. The summed E-state index contributed by atoms with van der Waals surface area (Å²) >= 11 is 0. The highest BCUT2D eigenvalue weighted by Crippen LogP contribution is 2.34. The SMILES string of the molecule is CC(C)c1cc(CCCN)c(O)c([N+](=O)[O-])c1. The minimum absolute atomic E-state index is 0.186. The number of benzene rings is 1. The van der Waals surface area contributed by atoms with Crippen molar-refractivity contribution in [2.75, 3.05) is 6.54 Å². The average Bonchev–Trinajstić information content (AvgIpc) is 2.26. The highest BCUT2D eigenvalue weighted by atomic mass is 16.6. The van der Waals surface area contributed by atoms with Crippen molar-refractivity contribution in [3.63, 3.8) is 0 Å². The number of aryl methyl sites for hydroxylation is 1. The van der Waals surface area contributed by atoms with Gasteiger partial charge in [-0.1, -0.05) is 19.9 Å². The zero-order valence-corrected chi connectivity index (χ0v) is 10.1. The van der Waals surface area contributed by atoms with Crippen molar-refractivity contribution in [3.05, 3.63) is 33.4 Å². The molecule has 0 bridgehead atoms. The lowest BCUT2D eigenvalue weighted by molar-refractivity contribution is -0.386. The van der Waals surface area contributed by atoms with Gasteiger partial charge in [-0.05, 0) is 30.9 Å². The van der Waals surface area contributed by atoms with Crippen molar-refractivity contribution >= 4 is 5.69 Å². The Morgan fingerprint density at radius 1 is 1.47 bits per heavy atom. The summed E-state index contributed by atoms with van der Waals surface area (Å²) in [6, 6.07) is 3.26. The van der Waals surface area contributed by atoms with Crippen LogP contribution in [0.15, 0.2) is 12.1 Å². The highest BCUT2D eigenvalue weighted by Gasteiger charge is 2.19. The molecule has 0 radical (unpaired) electrons. The molecule has 0 amide bonds. The van der Waals surface area contributed by atoms with Crippen LogP contribution in [-0.2, 0) is 6.42 Å². The maximum atomic E-state index is 10.8. The lowest BCUT2D eigenvalue weighted by Crippen LogP contribution is -2.02. The van der Waals surface area contributed by atoms with E-state index in [1.165, 1.54) is 6.07 Å². The Bertz CT molecular complexity index is 416. The summed E-state index contributed by atoms with van der Waals surface area (Å²) in [6.45, 7) is 4.42. The molecule has 0 aliphatic rings. The van der Waals surface area contributed by atoms with E-state index in [-0.39, 0.29) is 17.4 Å². The van der Waals surface area contributed by atoms with Gasteiger partial charge >= 0.3 is 5.69 Å². The van der Waals surface area contributed by atoms with Crippen molar-refractivity contribution in [1.82, 2.24) is 0 Å². The lowest BCUT2D eigenvalue weighted by atomic mass is 9.97. The van der Waals surface area contributed by atoms with Gasteiger partial charge in [-0.2, -0.15) is 0 Å². The van der Waals surface area contributed by atoms with Crippen LogP contribution in [-0.4, -0.2) is 16.6 Å². The predicted octanol–water partition coefficient (Wildman–Crippen LogP) is 2.32. The highest BCUT2D eigenvalue weighted by molar-refractivity contribution is 5.54. The molecule has 94 valence electrons. The maximum absolute atomic E-state index is 10.8. The monoisotopic (exact) mass is 238 g/mol. The number of nitro benzene ring substituents is 1. The number of nitro groups is 1. The van der Waals surface area contributed by atoms with E-state index < -0.39 is 4.92 Å². The van der Waals surface area contributed by atoms with Gasteiger partial charge in [0, 0.05) is 11.6 Å². The Morgan fingerprint density at radius 2 is 2.12 bits per heavy atom. The predicted molar refractivity (Wildman–Crippen MR) is 66.2 cm³/mol. The van der Waals surface area contributed by atoms with Gasteiger partial charge in [-0.25, -0.2) is 0 Å². The normalized spacial score (nSPS) is 10.8. The molecule has 0 fully saturated rings. The quantitative estimate of drug-likeness (QED) is 0.608. The maximum Gasteiger partial charge on any atom is 0.311 e. The minimum Gasteiger partial charge on any atom is -0.502 e. The third-order valence-electron chi connectivity index (χ3n) is 2.70. The van der Waals surface area contributed by atoms with Gasteiger partial charge in [0.2, 0.25) is 0 Å². The second kappa shape index (κ2) is 5.63. The molecule has 1 aromatic rings. The second-order valence-corrected chi connectivity index (χ2v) is 4.35. The van der Waals surface area contributed by atoms with Crippen LogP contribution < -0.4 is 5.73 Å². The van der Waals surface area contributed by atoms with Crippen molar-refractivity contribution in [1.29, 1.82) is 0 Å². The van der Waals surface area contributed by atoms with Gasteiger partial charge in [0.15, 0.2) is 5.75 Å². The molecular weight excluding hydrogens is 220 g/mol. The van der Waals surface area contributed by atoms with Gasteiger partial charge in [0.25, 0.3) is 0 Å². The third-order valence-corrected chi connectivity index (χ3v) is 2.70. The lowest BCUT2D eigenvalue weighted by Gasteiger charge is -2.10. The number of phenolic OH excluding ortho intramolecular Hbond substituents is 1. The van der Waals surface area contributed by atoms with Gasteiger partial charge in [-0.15, -0.1) is 0 Å². The van der Waals surface area contributed by atoms with E-state index in [2.05, 4.69) is 0 Å². The van der Waals surface area contributed by atoms with Crippen molar-refractivity contribution in [2.24, 2.45) is 5.73 Å². The summed E-state index contributed by atoms with van der Waals surface area (Å²) in [5, 5.41) is 20.7. The minimum atomic E-state index is -0.548. The van der Waals surface area contributed by atoms with Crippen LogP contribution in [0.5, 0.6) is 5.75 Å². The van der Waals surface area contributed by atoms with Crippen molar-refractivity contribution < 1.29 is 10.0 Å². The Labute approximate surface area is 100 Å². The fourth-order valence-corrected chi connectivity index (χ4v) is 1.66. The van der Waals surface area contributed by atoms with Crippen LogP contribution in [0.4, 0.5) is 5.69 Å². The standard InChI is InChI=1S/C12H18N2O3/c1-8(2)10-6-9(4-3-5-13)12(15)11(7-10)14(16)17/h6-8,15H,3-5,13H2,1-2H3. The zero-order chi connectivity index (χ0) is 13.0. The molecule has 17 heavy (non-hydrogen) atoms. The third kappa shape index (κ3) is 3.17. The first-order valence-corrected chi connectivity index (χ1v) is 5.67. The molecule has 0 saturated carbocycles. The number of hydrogen-bond donors (Lipinski definition) is 2. The number of nitrogens with two attached hydrogens (primary N) is 1. The molecule has 5 heteroatoms. The number of phenols is 1. The number of nitrogens with zero attached hydrogens (tertiary/aromatic N) is 1. The second-order valence-electron chi connectivity index (χ2n) is 4.35. The molecule has 1 aromatic carbocycles. The summed E-state index contributed by atoms with van der Waals surface area (Å²) < 4.78 is 0. The molecular formula is C12H18N2O3. The fourth-order valence-electron chi connectivity index (χ4n) is 1.66. The van der Waals surface area contributed by atoms with Crippen LogP contribution >= 0.6 is 0 Å². The summed E-state index contributed by atoms with van der Waals surface area (Å²) in [7, 11) is 0. The molecule has 1 rings (SSSR count). The Balaban J connectivity index is 3.22. The molecule has 0 atom stereocenters. The van der Waals surface area contributed by atoms with E-state index in [1.807, 2.05) is 19.9 Å². The number of hydrogen-bond acceptors (Lipinski definition) is 4. The van der Waals surface area contributed by atoms with Crippen LogP contribution in [0.25, 0.3) is 0 Å². The zero-order valence-electron chi connectivity index (χ0n) is 10.1. The largest absolute Gasteiger partial charge is 0.502 e. The molecule has 0 heterocycles. The fraction of sp³-hybridized carbons (Fsp3) is 0.500. The van der Waals surface area contributed by atoms with Gasteiger partial charge in [0.05, 0.1) is 4.92 Å². The van der Waals surface area contributed by atoms with E-state index >= 15 is 0 Å². The molecule has 0 spiro atoms. The van der Waals surface area contributed by atoms with Gasteiger partial charge < -0.3 is 10.8 Å². The smallest absolute Gasteiger partial charge is 0.311 e. The van der Waals surface area contributed by atoms with Crippen LogP contribution in [0.1, 0.15) is 37.3 Å². The number of rotatable bonds is 5. The topological polar surface area (TPSA) is 89.4 Å². The van der Waals surface area contributed by atoms with E-state index in [9.17, 15) is 15.2 Å². The molecule has 0 saturated heterocycles. The van der Waals surface area contributed by atoms with Crippen LogP contribution in [0, 0.1) is 10.1 Å². The molecule has 5 nitrogen and oxygen atoms in total. The van der Waals surface area contributed by atoms with Gasteiger partial charge in [0.1, 0.15) is 0 Å².